The summed E-state index contributed by atoms with van der Waals surface area (Å²) in [5.74, 6) is -7.15. The van der Waals surface area contributed by atoms with Gasteiger partial charge in [0.2, 0.25) is 29.5 Å². The standard InChI is InChI=1S/C66H61N17O12S5/c1-30(52(68)86)69-57(91)47-12-8-20-82(47)65(93)32(3)71-53(87)31(2)70-54(88)43-26-97-60(77-43)38-19-18-37-51(72-38)42-25-96-63(76-42)46-29-100-64(80-46)48-13-9-21-83(48)66(94)41(23-35-14-16-36(84)17-15-35)75-56(90)45-28-98-61(78-45)39(22-34-10-6-5-7-11-34)73-55(89)44-27-99-62(79-44)40(24-49(67)85)74-58(92)50-33(4)95-59(37)81-50/h5-7,10-11,14-19,25-29,32,39-41,47-48,84H,1-2,8-9,12-13,20-24H2,3-4H3,(H2,67,85)(H2,68,86)(H,69,91)(H,70,88)(H,71,87)(H,73,89)(H,74,92)(H,75,90)/t32-,39-,40-,41-,47-,48-/m0/s1. The van der Waals surface area contributed by atoms with Crippen molar-refractivity contribution >= 4 is 116 Å². The van der Waals surface area contributed by atoms with Crippen molar-refractivity contribution in [2.24, 2.45) is 11.5 Å². The lowest BCUT2D eigenvalue weighted by atomic mass is 10.0. The third-order valence-electron chi connectivity index (χ3n) is 16.5. The van der Waals surface area contributed by atoms with E-state index in [1.165, 1.54) is 64.3 Å². The number of carbonyl (C=O) groups excluding carboxylic acids is 10. The van der Waals surface area contributed by atoms with Crippen molar-refractivity contribution < 1.29 is 57.5 Å². The molecule has 0 unspecified atom stereocenters. The van der Waals surface area contributed by atoms with Crippen molar-refractivity contribution in [3.05, 3.63) is 173 Å². The van der Waals surface area contributed by atoms with Gasteiger partial charge in [-0.1, -0.05) is 55.6 Å². The molecule has 2 saturated heterocycles. The summed E-state index contributed by atoms with van der Waals surface area (Å²) in [5.41, 5.74) is 12.8. The number of aromatic nitrogens is 7. The summed E-state index contributed by atoms with van der Waals surface area (Å²) in [6, 6.07) is 13.2. The van der Waals surface area contributed by atoms with E-state index in [2.05, 4.69) is 60.0 Å². The number of phenols is 1. The lowest BCUT2D eigenvalue weighted by Gasteiger charge is -2.28. The van der Waals surface area contributed by atoms with Gasteiger partial charge in [0.1, 0.15) is 88.8 Å². The largest absolute Gasteiger partial charge is 0.508 e. The van der Waals surface area contributed by atoms with E-state index in [4.69, 9.17) is 35.8 Å². The zero-order valence-corrected chi connectivity index (χ0v) is 57.2. The van der Waals surface area contributed by atoms with E-state index in [1.807, 2.05) is 35.7 Å². The number of likely N-dealkylation sites (tertiary alicyclic amines) is 1. The van der Waals surface area contributed by atoms with Crippen LogP contribution in [0.4, 0.5) is 0 Å². The summed E-state index contributed by atoms with van der Waals surface area (Å²) in [5, 5.41) is 36.0. The van der Waals surface area contributed by atoms with Gasteiger partial charge < -0.3 is 62.7 Å². The molecular weight excluding hydrogens is 1380 g/mol. The maximum atomic E-state index is 15.1. The minimum absolute atomic E-state index is 0.000723. The molecule has 10 heterocycles. The number of primary amides is 2. The molecule has 3 aliphatic heterocycles. The Morgan fingerprint density at radius 2 is 1.26 bits per heavy atom. The second kappa shape index (κ2) is 29.6. The Kier molecular flexibility index (Phi) is 20.4. The van der Waals surface area contributed by atoms with Gasteiger partial charge >= 0.3 is 0 Å². The molecule has 9 aromatic rings. The number of aromatic hydroxyl groups is 1. The molecule has 12 rings (SSSR count). The van der Waals surface area contributed by atoms with Gasteiger partial charge in [-0.3, -0.25) is 47.9 Å². The van der Waals surface area contributed by atoms with Crippen LogP contribution in [0.2, 0.25) is 0 Å². The van der Waals surface area contributed by atoms with Crippen molar-refractivity contribution in [3.8, 4) is 50.0 Å². The predicted molar refractivity (Wildman–Crippen MR) is 369 cm³/mol. The van der Waals surface area contributed by atoms with Crippen LogP contribution in [0.25, 0.3) is 44.2 Å². The number of hydrogen-bond donors (Lipinski definition) is 9. The normalized spacial score (nSPS) is 18.2. The van der Waals surface area contributed by atoms with Gasteiger partial charge in [0.15, 0.2) is 5.69 Å². The lowest BCUT2D eigenvalue weighted by Crippen LogP contribution is -2.53. The predicted octanol–water partition coefficient (Wildman–Crippen LogP) is 5.97. The van der Waals surface area contributed by atoms with Crippen LogP contribution in [-0.2, 0) is 41.6 Å². The average molecular weight is 1440 g/mol. The van der Waals surface area contributed by atoms with E-state index in [9.17, 15) is 48.3 Å². The number of thiazole rings is 5. The fraction of sp³-hybridized carbons (Fsp3) is 0.258. The number of fused-ring (bicyclic) bond motifs is 16. The van der Waals surface area contributed by atoms with E-state index in [0.717, 1.165) is 39.6 Å². The fourth-order valence-corrected chi connectivity index (χ4v) is 15.7. The molecule has 3 aliphatic rings. The maximum Gasteiger partial charge on any atom is 0.275 e. The number of aryl methyl sites for hydroxylation is 1. The SMILES string of the molecule is C=C(NC(=O)[C@@H]1CCCN1C(=O)[C@H](C)NC(=O)C(=C)NC(=O)c1csc(-c2ccc3c(n2)-c2csc(n2)-c2csc(n2)[C@@H]2CCCN2C(=O)[C@H](Cc2ccc(O)cc2)NC(=O)c2csc(n2)[C@H](Cc2ccccc2)NC(=O)c2csc(n2)[C@H](CC(N)=O)NC(=O)c2nc-3oc2C)n1)C(N)=O. The molecule has 2 fully saturated rings. The highest BCUT2D eigenvalue weighted by Crippen LogP contribution is 2.40. The van der Waals surface area contributed by atoms with E-state index in [0.29, 0.717) is 57.8 Å². The average Bonchev–Trinajstić information content (AvgIpc) is 1.62. The number of carbonyl (C=O) groups is 10. The van der Waals surface area contributed by atoms with Crippen LogP contribution in [0.1, 0.15) is 131 Å². The minimum Gasteiger partial charge on any atom is -0.508 e. The van der Waals surface area contributed by atoms with Gasteiger partial charge in [-0.15, -0.1) is 56.7 Å². The second-order valence-electron chi connectivity index (χ2n) is 23.5. The van der Waals surface area contributed by atoms with Crippen molar-refractivity contribution in [1.82, 2.24) is 76.6 Å². The molecule has 10 amide bonds. The van der Waals surface area contributed by atoms with Gasteiger partial charge in [-0.05, 0) is 81.3 Å². The number of hydrogen-bond acceptors (Lipinski definition) is 24. The Bertz CT molecular complexity index is 4750. The molecule has 34 heteroatoms. The molecule has 0 spiro atoms. The highest BCUT2D eigenvalue weighted by molar-refractivity contribution is 7.14. The van der Waals surface area contributed by atoms with Crippen molar-refractivity contribution in [3.63, 3.8) is 0 Å². The topological polar surface area (TPSA) is 425 Å². The summed E-state index contributed by atoms with van der Waals surface area (Å²) in [4.78, 5) is 173. The van der Waals surface area contributed by atoms with Crippen LogP contribution in [0.15, 0.2) is 123 Å². The highest BCUT2D eigenvalue weighted by atomic mass is 32.1. The van der Waals surface area contributed by atoms with Crippen molar-refractivity contribution in [2.45, 2.75) is 95.0 Å². The minimum atomic E-state index is -1.18. The van der Waals surface area contributed by atoms with E-state index >= 15 is 4.79 Å². The molecule has 29 nitrogen and oxygen atoms in total. The van der Waals surface area contributed by atoms with E-state index in [1.54, 1.807) is 39.9 Å². The number of rotatable bonds is 15. The van der Waals surface area contributed by atoms with Gasteiger partial charge in [0.05, 0.1) is 47.2 Å². The van der Waals surface area contributed by atoms with E-state index < -0.39 is 102 Å². The fourth-order valence-electron chi connectivity index (χ4n) is 11.5. The number of amides is 10. The first kappa shape index (κ1) is 68.9. The smallest absolute Gasteiger partial charge is 0.275 e. The number of phenolic OH excluding ortho intramolecular Hbond substituents is 1. The van der Waals surface area contributed by atoms with Gasteiger partial charge in [0.25, 0.3) is 35.4 Å². The van der Waals surface area contributed by atoms with Crippen molar-refractivity contribution in [2.75, 3.05) is 13.1 Å². The molecule has 10 bridgehead atoms. The molecular formula is C66H61N17O12S5. The molecule has 512 valence electrons. The molecule has 2 aromatic carbocycles. The van der Waals surface area contributed by atoms with Gasteiger partial charge in [-0.2, -0.15) is 0 Å². The van der Waals surface area contributed by atoms with Crippen LogP contribution in [-0.4, -0.2) is 140 Å². The zero-order valence-electron chi connectivity index (χ0n) is 53.1. The Morgan fingerprint density at radius 3 is 1.98 bits per heavy atom. The lowest BCUT2D eigenvalue weighted by molar-refractivity contribution is -0.140. The molecule has 0 aliphatic carbocycles. The summed E-state index contributed by atoms with van der Waals surface area (Å²) in [6.45, 7) is 10.6. The number of oxazole rings is 1. The Balaban J connectivity index is 0.855. The summed E-state index contributed by atoms with van der Waals surface area (Å²) >= 11 is 5.75. The molecule has 7 aromatic heterocycles. The zero-order chi connectivity index (χ0) is 70.6. The van der Waals surface area contributed by atoms with Crippen LogP contribution < -0.4 is 43.4 Å². The molecule has 100 heavy (non-hydrogen) atoms. The maximum absolute atomic E-state index is 15.1. The summed E-state index contributed by atoms with van der Waals surface area (Å²) in [6.07, 6.45) is 1.82. The second-order valence-corrected chi connectivity index (χ2v) is 27.8. The number of nitrogens with one attached hydrogen (secondary N) is 6. The third kappa shape index (κ3) is 15.3. The number of nitrogens with two attached hydrogens (primary N) is 2. The first-order valence-electron chi connectivity index (χ1n) is 31.0. The first-order chi connectivity index (χ1) is 48.0. The summed E-state index contributed by atoms with van der Waals surface area (Å²) in [7, 11) is 0. The molecule has 6 atom stereocenters. The van der Waals surface area contributed by atoms with Crippen LogP contribution >= 0.6 is 56.7 Å². The Hall–Kier alpha value is -11.1. The van der Waals surface area contributed by atoms with Crippen LogP contribution in [0.3, 0.4) is 0 Å². The van der Waals surface area contributed by atoms with Crippen LogP contribution in [0, 0.1) is 6.92 Å². The Labute approximate surface area is 588 Å². The van der Waals surface area contributed by atoms with Gasteiger partial charge in [-0.25, -0.2) is 34.9 Å². The number of nitrogens with zero attached hydrogens (tertiary/aromatic N) is 9. The highest BCUT2D eigenvalue weighted by Gasteiger charge is 2.40. The van der Waals surface area contributed by atoms with Crippen molar-refractivity contribution in [1.29, 1.82) is 0 Å². The van der Waals surface area contributed by atoms with Gasteiger partial charge in [0, 0.05) is 46.4 Å². The molecule has 11 N–H and O–H groups in total. The Morgan fingerprint density at radius 1 is 0.640 bits per heavy atom. The third-order valence-corrected chi connectivity index (χ3v) is 21.0. The quantitative estimate of drug-likeness (QED) is 0.0534. The molecule has 0 radical (unpaired) electrons. The number of benzene rings is 2. The van der Waals surface area contributed by atoms with Crippen LogP contribution in [0.5, 0.6) is 5.75 Å². The first-order valence-corrected chi connectivity index (χ1v) is 35.4. The summed E-state index contributed by atoms with van der Waals surface area (Å²) < 4.78 is 6.25. The molecule has 0 saturated carbocycles. The monoisotopic (exact) mass is 1440 g/mol. The van der Waals surface area contributed by atoms with E-state index in [-0.39, 0.29) is 105 Å². The number of pyridine rings is 1.